The molecule has 4 aliphatic rings. The summed E-state index contributed by atoms with van der Waals surface area (Å²) < 4.78 is 5.77. The summed E-state index contributed by atoms with van der Waals surface area (Å²) in [4.78, 5) is 71.0. The molecular weight excluding hydrogens is 624 g/mol. The van der Waals surface area contributed by atoms with E-state index in [1.54, 1.807) is 60.7 Å². The third-order valence-corrected chi connectivity index (χ3v) is 10.6. The van der Waals surface area contributed by atoms with Crippen molar-refractivity contribution in [2.24, 2.45) is 23.7 Å². The highest BCUT2D eigenvalue weighted by Gasteiger charge is 2.70. The van der Waals surface area contributed by atoms with Crippen molar-refractivity contribution in [3.05, 3.63) is 101 Å². The predicted molar refractivity (Wildman–Crippen MR) is 170 cm³/mol. The number of hydrogen-bond acceptors (Lipinski definition) is 7. The summed E-state index contributed by atoms with van der Waals surface area (Å²) >= 11 is 6.34. The summed E-state index contributed by atoms with van der Waals surface area (Å²) in [5.41, 5.74) is 0.230. The van der Waals surface area contributed by atoms with Gasteiger partial charge in [-0.25, -0.2) is 4.90 Å². The van der Waals surface area contributed by atoms with Gasteiger partial charge in [-0.05, 0) is 54.7 Å². The molecule has 6 atom stereocenters. The van der Waals surface area contributed by atoms with E-state index >= 15 is 4.79 Å². The minimum atomic E-state index is -1.57. The number of benzene rings is 3. The first-order chi connectivity index (χ1) is 22.6. The van der Waals surface area contributed by atoms with Crippen LogP contribution in [-0.4, -0.2) is 58.4 Å². The van der Waals surface area contributed by atoms with E-state index in [9.17, 15) is 29.4 Å². The number of halogens is 1. The zero-order chi connectivity index (χ0) is 33.2. The molecule has 3 aromatic rings. The number of aliphatic carboxylic acids is 1. The molecule has 6 unspecified atom stereocenters. The molecule has 0 aromatic heterocycles. The first-order valence-corrected chi connectivity index (χ1v) is 15.8. The molecule has 11 heteroatoms. The largest absolute Gasteiger partial charge is 0.508 e. The zero-order valence-electron chi connectivity index (χ0n) is 25.3. The van der Waals surface area contributed by atoms with Crippen LogP contribution in [0.2, 0.25) is 5.02 Å². The third-order valence-electron chi connectivity index (χ3n) is 10.4. The highest BCUT2D eigenvalue weighted by molar-refractivity contribution is 6.32. The van der Waals surface area contributed by atoms with Crippen molar-refractivity contribution in [2.75, 3.05) is 18.6 Å². The quantitative estimate of drug-likeness (QED) is 0.276. The van der Waals surface area contributed by atoms with Crippen molar-refractivity contribution in [1.82, 2.24) is 4.90 Å². The first kappa shape index (κ1) is 30.7. The highest BCUT2D eigenvalue weighted by atomic mass is 35.5. The summed E-state index contributed by atoms with van der Waals surface area (Å²) in [6.07, 6.45) is 1.73. The van der Waals surface area contributed by atoms with Gasteiger partial charge in [-0.15, -0.1) is 0 Å². The van der Waals surface area contributed by atoms with Gasteiger partial charge >= 0.3 is 5.97 Å². The Morgan fingerprint density at radius 2 is 1.70 bits per heavy atom. The lowest BCUT2D eigenvalue weighted by molar-refractivity contribution is -0.142. The van der Waals surface area contributed by atoms with Crippen LogP contribution in [-0.2, 0) is 29.4 Å². The summed E-state index contributed by atoms with van der Waals surface area (Å²) in [5, 5.41) is 21.2. The Kier molecular flexibility index (Phi) is 7.43. The third kappa shape index (κ3) is 4.41. The smallest absolute Gasteiger partial charge is 0.305 e. The van der Waals surface area contributed by atoms with E-state index < -0.39 is 64.6 Å². The van der Waals surface area contributed by atoms with Crippen LogP contribution in [0.3, 0.4) is 0 Å². The molecule has 0 radical (unpaired) electrons. The molecule has 10 nitrogen and oxygen atoms in total. The molecule has 3 aromatic carbocycles. The van der Waals surface area contributed by atoms with Crippen LogP contribution in [0.15, 0.2) is 84.4 Å². The number of methoxy groups -OCH3 is 1. The summed E-state index contributed by atoms with van der Waals surface area (Å²) in [7, 11) is 1.45. The van der Waals surface area contributed by atoms with Gasteiger partial charge in [0.1, 0.15) is 11.5 Å². The molecule has 2 aliphatic carbocycles. The van der Waals surface area contributed by atoms with E-state index in [4.69, 9.17) is 16.3 Å². The van der Waals surface area contributed by atoms with E-state index in [1.165, 1.54) is 13.2 Å². The summed E-state index contributed by atoms with van der Waals surface area (Å²) in [6.45, 7) is -0.254. The van der Waals surface area contributed by atoms with Gasteiger partial charge in [0.2, 0.25) is 23.6 Å². The number of ether oxygens (including phenoxy) is 1. The summed E-state index contributed by atoms with van der Waals surface area (Å²) in [6, 6.07) is 20.2. The van der Waals surface area contributed by atoms with E-state index in [1.807, 2.05) is 12.1 Å². The highest BCUT2D eigenvalue weighted by Crippen LogP contribution is 2.66. The first-order valence-electron chi connectivity index (χ1n) is 15.4. The second-order valence-electron chi connectivity index (χ2n) is 12.5. The topological polar surface area (TPSA) is 142 Å². The molecule has 2 N–H and O–H groups in total. The van der Waals surface area contributed by atoms with Gasteiger partial charge in [-0.3, -0.25) is 28.9 Å². The van der Waals surface area contributed by atoms with Gasteiger partial charge in [0.25, 0.3) is 0 Å². The number of anilines is 1. The van der Waals surface area contributed by atoms with Crippen molar-refractivity contribution in [2.45, 2.75) is 30.6 Å². The number of phenols is 1. The van der Waals surface area contributed by atoms with Crippen molar-refractivity contribution in [1.29, 1.82) is 0 Å². The normalized spacial score (nSPS) is 28.1. The van der Waals surface area contributed by atoms with Crippen molar-refractivity contribution in [3.63, 3.8) is 0 Å². The van der Waals surface area contributed by atoms with E-state index in [2.05, 4.69) is 0 Å². The lowest BCUT2D eigenvalue weighted by Crippen LogP contribution is -2.53. The Morgan fingerprint density at radius 1 is 0.957 bits per heavy atom. The number of carboxylic acids is 1. The maximum absolute atomic E-state index is 15.2. The molecule has 0 spiro atoms. The van der Waals surface area contributed by atoms with Gasteiger partial charge in [0.05, 0.1) is 42.4 Å². The molecule has 2 heterocycles. The number of nitrogens with zero attached hydrogens (tertiary/aromatic N) is 2. The number of carbonyl (C=O) groups is 5. The van der Waals surface area contributed by atoms with Crippen molar-refractivity contribution in [3.8, 4) is 11.5 Å². The van der Waals surface area contributed by atoms with Crippen LogP contribution in [0.4, 0.5) is 5.69 Å². The van der Waals surface area contributed by atoms with Crippen LogP contribution in [0, 0.1) is 23.7 Å². The van der Waals surface area contributed by atoms with Crippen LogP contribution in [0.1, 0.15) is 36.3 Å². The van der Waals surface area contributed by atoms with Crippen molar-refractivity contribution < 1.29 is 38.9 Å². The number of likely N-dealkylation sites (tertiary alicyclic amines) is 1. The van der Waals surface area contributed by atoms with Gasteiger partial charge in [0, 0.05) is 23.0 Å². The number of fused-ring (bicyclic) bond motifs is 4. The molecular formula is C36H31ClN2O8. The van der Waals surface area contributed by atoms with Gasteiger partial charge in [-0.1, -0.05) is 65.7 Å². The van der Waals surface area contributed by atoms with Gasteiger partial charge < -0.3 is 14.9 Å². The summed E-state index contributed by atoms with van der Waals surface area (Å²) in [5.74, 6) is -7.15. The van der Waals surface area contributed by atoms with Crippen LogP contribution in [0.5, 0.6) is 11.5 Å². The lowest BCUT2D eigenvalue weighted by Gasteiger charge is -2.51. The average Bonchev–Trinajstić information content (AvgIpc) is 3.44. The standard InChI is InChI=1S/C36H31ClN2O8/c1-47-27-12-6-11-26(40)30(27)31-22-13-14-23-29(34(45)38(32(23)43)16-15-28(41)42)24(22)18-25-33(44)39(21-10-5-9-20(37)17-21)35(46)36(25,31)19-7-3-2-4-8-19/h2-13,17,23-25,29,31,40H,14-16,18H2,1H3,(H,41,42). The number of aromatic hydroxyl groups is 1. The van der Waals surface area contributed by atoms with Crippen LogP contribution in [0.25, 0.3) is 0 Å². The van der Waals surface area contributed by atoms with Crippen molar-refractivity contribution >= 4 is 46.9 Å². The van der Waals surface area contributed by atoms with Crippen LogP contribution < -0.4 is 9.64 Å². The van der Waals surface area contributed by atoms with Gasteiger partial charge in [0.15, 0.2) is 0 Å². The molecule has 240 valence electrons. The fourth-order valence-corrected chi connectivity index (χ4v) is 8.74. The number of carbonyl (C=O) groups excluding carboxylic acids is 4. The molecule has 0 bridgehead atoms. The Bertz CT molecular complexity index is 1880. The fourth-order valence-electron chi connectivity index (χ4n) is 8.55. The molecule has 3 fully saturated rings. The molecule has 47 heavy (non-hydrogen) atoms. The second-order valence-corrected chi connectivity index (χ2v) is 12.9. The van der Waals surface area contributed by atoms with E-state index in [0.29, 0.717) is 33.2 Å². The number of allylic oxidation sites excluding steroid dienone is 2. The second kappa shape index (κ2) is 11.4. The molecule has 7 rings (SSSR count). The number of rotatable bonds is 7. The van der Waals surface area contributed by atoms with E-state index in [-0.39, 0.29) is 31.6 Å². The number of amides is 4. The minimum Gasteiger partial charge on any atom is -0.508 e. The Labute approximate surface area is 275 Å². The number of phenolic OH excluding ortho intramolecular Hbond substituents is 1. The maximum Gasteiger partial charge on any atom is 0.305 e. The number of imide groups is 2. The number of hydrogen-bond donors (Lipinski definition) is 2. The molecule has 1 saturated carbocycles. The molecule has 4 amide bonds. The Hall–Kier alpha value is -4.96. The predicted octanol–water partition coefficient (Wildman–Crippen LogP) is 4.69. The average molecular weight is 655 g/mol. The zero-order valence-corrected chi connectivity index (χ0v) is 26.1. The lowest BCUT2D eigenvalue weighted by atomic mass is 9.49. The molecule has 2 saturated heterocycles. The number of carboxylic acid groups (broad SMARTS) is 1. The Morgan fingerprint density at radius 3 is 2.40 bits per heavy atom. The molecule has 2 aliphatic heterocycles. The Balaban J connectivity index is 1.49. The monoisotopic (exact) mass is 654 g/mol. The van der Waals surface area contributed by atoms with Crippen LogP contribution >= 0.6 is 11.6 Å². The minimum absolute atomic E-state index is 0.0712. The van der Waals surface area contributed by atoms with E-state index in [0.717, 1.165) is 9.80 Å². The van der Waals surface area contributed by atoms with Gasteiger partial charge in [-0.2, -0.15) is 0 Å². The fraction of sp³-hybridized carbons (Fsp3) is 0.306. The maximum atomic E-state index is 15.2. The SMILES string of the molecule is COc1cccc(O)c1C1C2=CCC3C(=O)N(CCC(=O)O)C(=O)C3C2CC2C(=O)N(c3cccc(Cl)c3)C(=O)C21c1ccccc1.